The van der Waals surface area contributed by atoms with Crippen LogP contribution in [0.25, 0.3) is 0 Å². The van der Waals surface area contributed by atoms with E-state index in [0.29, 0.717) is 5.69 Å². The summed E-state index contributed by atoms with van der Waals surface area (Å²) in [6.45, 7) is 5.51. The Morgan fingerprint density at radius 1 is 1.14 bits per heavy atom. The fraction of sp³-hybridized carbons (Fsp3) is 0.214. The van der Waals surface area contributed by atoms with Crippen LogP contribution in [0.1, 0.15) is 27.2 Å². The minimum Gasteiger partial charge on any atom is -0.475 e. The molecular weight excluding hydrogens is 294 g/mol. The molecule has 21 heavy (non-hydrogen) atoms. The fourth-order valence-electron chi connectivity index (χ4n) is 2.11. The van der Waals surface area contributed by atoms with Crippen LogP contribution >= 0.6 is 0 Å². The lowest BCUT2D eigenvalue weighted by Crippen LogP contribution is -2.14. The standard InChI is InChI=1S/C14H15NO5S/c1-8-6-9(2)13(10(3)7-8)15-21(18,19)12-5-4-11(20-12)14(16)17/h4-7,15H,1-3H3,(H,16,17). The number of sulfonamides is 1. The van der Waals surface area contributed by atoms with Crippen LogP contribution in [0.2, 0.25) is 0 Å². The molecular formula is C14H15NO5S. The molecule has 0 atom stereocenters. The van der Waals surface area contributed by atoms with Crippen LogP contribution in [0.3, 0.4) is 0 Å². The van der Waals surface area contributed by atoms with Gasteiger partial charge in [0.2, 0.25) is 10.9 Å². The largest absolute Gasteiger partial charge is 0.475 e. The van der Waals surface area contributed by atoms with Gasteiger partial charge in [0.25, 0.3) is 10.0 Å². The number of aromatic carboxylic acids is 1. The molecule has 2 aromatic rings. The quantitative estimate of drug-likeness (QED) is 0.905. The Morgan fingerprint density at radius 2 is 1.71 bits per heavy atom. The van der Waals surface area contributed by atoms with Gasteiger partial charge in [0.1, 0.15) is 0 Å². The second-order valence-corrected chi connectivity index (χ2v) is 6.42. The van der Waals surface area contributed by atoms with E-state index in [-0.39, 0.29) is 0 Å². The van der Waals surface area contributed by atoms with E-state index in [1.807, 2.05) is 19.1 Å². The number of hydrogen-bond acceptors (Lipinski definition) is 4. The number of carbonyl (C=O) groups is 1. The van der Waals surface area contributed by atoms with Crippen molar-refractivity contribution in [1.29, 1.82) is 0 Å². The maximum atomic E-state index is 12.2. The number of carboxylic acids is 1. The Hall–Kier alpha value is -2.28. The third kappa shape index (κ3) is 3.08. The van der Waals surface area contributed by atoms with Crippen LogP contribution in [0.15, 0.2) is 33.8 Å². The molecule has 1 aromatic carbocycles. The summed E-state index contributed by atoms with van der Waals surface area (Å²) < 4.78 is 31.7. The molecule has 0 aliphatic rings. The first kappa shape index (κ1) is 15.1. The summed E-state index contributed by atoms with van der Waals surface area (Å²) >= 11 is 0. The normalized spacial score (nSPS) is 11.4. The first-order chi connectivity index (χ1) is 9.70. The van der Waals surface area contributed by atoms with Crippen molar-refractivity contribution in [3.63, 3.8) is 0 Å². The molecule has 0 radical (unpaired) electrons. The lowest BCUT2D eigenvalue weighted by molar-refractivity contribution is 0.0656. The van der Waals surface area contributed by atoms with Crippen molar-refractivity contribution < 1.29 is 22.7 Å². The van der Waals surface area contributed by atoms with Crippen LogP contribution in [0.5, 0.6) is 0 Å². The molecule has 0 fully saturated rings. The maximum absolute atomic E-state index is 12.2. The van der Waals surface area contributed by atoms with Gasteiger partial charge in [-0.3, -0.25) is 4.72 Å². The van der Waals surface area contributed by atoms with Gasteiger partial charge < -0.3 is 9.52 Å². The van der Waals surface area contributed by atoms with Crippen LogP contribution in [-0.4, -0.2) is 19.5 Å². The molecule has 2 rings (SSSR count). The summed E-state index contributed by atoms with van der Waals surface area (Å²) in [4.78, 5) is 10.7. The number of nitrogens with one attached hydrogen (secondary N) is 1. The highest BCUT2D eigenvalue weighted by Gasteiger charge is 2.22. The minimum absolute atomic E-state index is 0.423. The van der Waals surface area contributed by atoms with Crippen molar-refractivity contribution >= 4 is 21.7 Å². The monoisotopic (exact) mass is 309 g/mol. The first-order valence-electron chi connectivity index (χ1n) is 6.14. The third-order valence-electron chi connectivity index (χ3n) is 2.97. The van der Waals surface area contributed by atoms with Crippen LogP contribution in [-0.2, 0) is 10.0 Å². The molecule has 7 heteroatoms. The van der Waals surface area contributed by atoms with Gasteiger partial charge in [-0.05, 0) is 44.0 Å². The van der Waals surface area contributed by atoms with Crippen molar-refractivity contribution in [2.75, 3.05) is 4.72 Å². The third-order valence-corrected chi connectivity index (χ3v) is 4.19. The summed E-state index contributed by atoms with van der Waals surface area (Å²) in [5, 5.41) is 8.33. The van der Waals surface area contributed by atoms with Gasteiger partial charge in [-0.2, -0.15) is 8.42 Å². The topological polar surface area (TPSA) is 96.6 Å². The van der Waals surface area contributed by atoms with E-state index >= 15 is 0 Å². The molecule has 0 saturated carbocycles. The second-order valence-electron chi connectivity index (χ2n) is 4.80. The van der Waals surface area contributed by atoms with Crippen LogP contribution in [0.4, 0.5) is 5.69 Å². The molecule has 6 nitrogen and oxygen atoms in total. The van der Waals surface area contributed by atoms with E-state index in [2.05, 4.69) is 4.72 Å². The van der Waals surface area contributed by atoms with Crippen molar-refractivity contribution in [2.24, 2.45) is 0 Å². The SMILES string of the molecule is Cc1cc(C)c(NS(=O)(=O)c2ccc(C(=O)O)o2)c(C)c1. The predicted molar refractivity (Wildman–Crippen MR) is 77.1 cm³/mol. The molecule has 0 spiro atoms. The number of benzene rings is 1. The van der Waals surface area contributed by atoms with Crippen LogP contribution < -0.4 is 4.72 Å². The minimum atomic E-state index is -3.96. The van der Waals surface area contributed by atoms with Crippen molar-refractivity contribution in [3.8, 4) is 0 Å². The van der Waals surface area contributed by atoms with E-state index in [4.69, 9.17) is 9.52 Å². The maximum Gasteiger partial charge on any atom is 0.371 e. The number of hydrogen-bond donors (Lipinski definition) is 2. The van der Waals surface area contributed by atoms with Gasteiger partial charge in [0.15, 0.2) is 0 Å². The Morgan fingerprint density at radius 3 is 2.19 bits per heavy atom. The highest BCUT2D eigenvalue weighted by atomic mass is 32.2. The molecule has 0 amide bonds. The zero-order chi connectivity index (χ0) is 15.8. The zero-order valence-corrected chi connectivity index (χ0v) is 12.6. The van der Waals surface area contributed by atoms with E-state index in [1.165, 1.54) is 0 Å². The lowest BCUT2D eigenvalue weighted by Gasteiger charge is -2.13. The lowest BCUT2D eigenvalue weighted by atomic mass is 10.1. The van der Waals surface area contributed by atoms with Gasteiger partial charge in [0.05, 0.1) is 5.69 Å². The fourth-order valence-corrected chi connectivity index (χ4v) is 3.24. The highest BCUT2D eigenvalue weighted by Crippen LogP contribution is 2.25. The Bertz CT molecular complexity index is 782. The average Bonchev–Trinajstić information content (AvgIpc) is 2.84. The molecule has 0 unspecified atom stereocenters. The van der Waals surface area contributed by atoms with Gasteiger partial charge in [-0.15, -0.1) is 0 Å². The Labute approximate surface area is 122 Å². The van der Waals surface area contributed by atoms with E-state index in [9.17, 15) is 13.2 Å². The molecule has 0 bridgehead atoms. The summed E-state index contributed by atoms with van der Waals surface area (Å²) in [6, 6.07) is 5.93. The summed E-state index contributed by atoms with van der Waals surface area (Å²) in [5.74, 6) is -1.74. The van der Waals surface area contributed by atoms with Gasteiger partial charge in [-0.1, -0.05) is 17.7 Å². The molecule has 1 heterocycles. The number of carboxylic acid groups (broad SMARTS) is 1. The molecule has 0 aliphatic carbocycles. The van der Waals surface area contributed by atoms with Crippen molar-refractivity contribution in [3.05, 3.63) is 46.7 Å². The van der Waals surface area contributed by atoms with E-state index in [0.717, 1.165) is 28.8 Å². The number of furan rings is 1. The van der Waals surface area contributed by atoms with Gasteiger partial charge >= 0.3 is 5.97 Å². The summed E-state index contributed by atoms with van der Waals surface area (Å²) in [5.41, 5.74) is 3.05. The molecule has 0 saturated heterocycles. The molecule has 2 N–H and O–H groups in total. The molecule has 112 valence electrons. The number of anilines is 1. The Kier molecular flexibility index (Phi) is 3.78. The van der Waals surface area contributed by atoms with Gasteiger partial charge in [-0.25, -0.2) is 4.79 Å². The van der Waals surface area contributed by atoms with Crippen molar-refractivity contribution in [2.45, 2.75) is 25.9 Å². The average molecular weight is 309 g/mol. The predicted octanol–water partition coefficient (Wildman–Crippen LogP) is 2.70. The van der Waals surface area contributed by atoms with Gasteiger partial charge in [0, 0.05) is 0 Å². The smallest absolute Gasteiger partial charge is 0.371 e. The highest BCUT2D eigenvalue weighted by molar-refractivity contribution is 7.92. The Balaban J connectivity index is 2.40. The first-order valence-corrected chi connectivity index (χ1v) is 7.63. The molecule has 0 aliphatic heterocycles. The summed E-state index contributed by atoms with van der Waals surface area (Å²) in [7, 11) is -3.96. The number of aryl methyl sites for hydroxylation is 3. The van der Waals surface area contributed by atoms with Crippen molar-refractivity contribution in [1.82, 2.24) is 0 Å². The van der Waals surface area contributed by atoms with E-state index in [1.54, 1.807) is 13.8 Å². The zero-order valence-electron chi connectivity index (χ0n) is 11.8. The van der Waals surface area contributed by atoms with Crippen LogP contribution in [0, 0.1) is 20.8 Å². The molecule has 1 aromatic heterocycles. The summed E-state index contributed by atoms with van der Waals surface area (Å²) in [6.07, 6.45) is 0. The van der Waals surface area contributed by atoms with E-state index < -0.39 is 26.8 Å². The second kappa shape index (κ2) is 5.25. The number of rotatable bonds is 4.